The number of imide groups is 1. The molecule has 3 unspecified atom stereocenters. The summed E-state index contributed by atoms with van der Waals surface area (Å²) in [5.74, 6) is -0.640. The lowest BCUT2D eigenvalue weighted by atomic mass is 9.94. The third-order valence-electron chi connectivity index (χ3n) is 6.31. The molecule has 0 radical (unpaired) electrons. The van der Waals surface area contributed by atoms with Gasteiger partial charge in [0.15, 0.2) is 0 Å². The average Bonchev–Trinajstić information content (AvgIpc) is 2.77. The first kappa shape index (κ1) is 22.4. The molecule has 0 aliphatic carbocycles. The molecule has 2 aromatic rings. The van der Waals surface area contributed by atoms with E-state index in [1.165, 1.54) is 4.90 Å². The third kappa shape index (κ3) is 4.54. The predicted molar refractivity (Wildman–Crippen MR) is 123 cm³/mol. The minimum absolute atomic E-state index is 0.0642. The van der Waals surface area contributed by atoms with E-state index in [2.05, 4.69) is 31.0 Å². The van der Waals surface area contributed by atoms with Crippen molar-refractivity contribution in [2.75, 3.05) is 26.2 Å². The second-order valence-electron chi connectivity index (χ2n) is 8.94. The molecule has 3 atom stereocenters. The average molecular weight is 438 g/mol. The van der Waals surface area contributed by atoms with Gasteiger partial charge in [0, 0.05) is 55.2 Å². The van der Waals surface area contributed by atoms with E-state index in [1.807, 2.05) is 24.3 Å². The first-order chi connectivity index (χ1) is 15.3. The highest BCUT2D eigenvalue weighted by Gasteiger charge is 2.32. The molecule has 1 N–H and O–H groups in total. The number of hydrogen-bond acceptors (Lipinski definition) is 5. The summed E-state index contributed by atoms with van der Waals surface area (Å²) in [4.78, 5) is 41.8. The van der Waals surface area contributed by atoms with E-state index in [0.29, 0.717) is 24.1 Å². The molecule has 0 aromatic heterocycles. The van der Waals surface area contributed by atoms with Crippen molar-refractivity contribution in [1.82, 2.24) is 15.1 Å². The molecule has 0 saturated carbocycles. The van der Waals surface area contributed by atoms with Crippen LogP contribution in [0.15, 0.2) is 36.4 Å². The minimum atomic E-state index is -0.288. The van der Waals surface area contributed by atoms with Crippen molar-refractivity contribution in [2.45, 2.75) is 51.9 Å². The molecule has 1 fully saturated rings. The van der Waals surface area contributed by atoms with Crippen LogP contribution in [0.4, 0.5) is 0 Å². The number of hydrogen-bond donors (Lipinski definition) is 1. The van der Waals surface area contributed by atoms with Gasteiger partial charge in [0.2, 0.25) is 5.91 Å². The number of morpholine rings is 1. The fourth-order valence-electron chi connectivity index (χ4n) is 4.74. The van der Waals surface area contributed by atoms with Crippen molar-refractivity contribution in [2.24, 2.45) is 0 Å². The molecule has 7 nitrogen and oxygen atoms in total. The zero-order valence-electron chi connectivity index (χ0n) is 19.0. The highest BCUT2D eigenvalue weighted by molar-refractivity contribution is 6.25. The highest BCUT2D eigenvalue weighted by Crippen LogP contribution is 2.30. The lowest BCUT2D eigenvalue weighted by Gasteiger charge is -2.39. The second kappa shape index (κ2) is 9.38. The highest BCUT2D eigenvalue weighted by atomic mass is 16.5. The van der Waals surface area contributed by atoms with E-state index < -0.39 is 0 Å². The van der Waals surface area contributed by atoms with Crippen LogP contribution in [0.2, 0.25) is 0 Å². The van der Waals surface area contributed by atoms with Crippen LogP contribution < -0.4 is 5.32 Å². The Morgan fingerprint density at radius 3 is 2.25 bits per heavy atom. The number of nitrogens with zero attached hydrogens (tertiary/aromatic N) is 2. The van der Waals surface area contributed by atoms with E-state index in [-0.39, 0.29) is 48.9 Å². The van der Waals surface area contributed by atoms with E-state index in [9.17, 15) is 14.4 Å². The predicted octanol–water partition coefficient (Wildman–Crippen LogP) is 2.83. The quantitative estimate of drug-likeness (QED) is 0.674. The zero-order chi connectivity index (χ0) is 22.8. The molecule has 1 saturated heterocycles. The summed E-state index contributed by atoms with van der Waals surface area (Å²) >= 11 is 0. The molecular weight excluding hydrogens is 406 g/mol. The summed E-state index contributed by atoms with van der Waals surface area (Å²) in [5.41, 5.74) is 1.09. The molecule has 2 heterocycles. The van der Waals surface area contributed by atoms with Crippen LogP contribution in [0.5, 0.6) is 0 Å². The number of amides is 3. The smallest absolute Gasteiger partial charge is 0.261 e. The van der Waals surface area contributed by atoms with Gasteiger partial charge < -0.3 is 10.1 Å². The van der Waals surface area contributed by atoms with E-state index in [0.717, 1.165) is 23.9 Å². The van der Waals surface area contributed by atoms with Crippen LogP contribution >= 0.6 is 0 Å². The number of ether oxygens (including phenoxy) is 1. The molecular formula is C25H31N3O4. The van der Waals surface area contributed by atoms with Crippen molar-refractivity contribution >= 4 is 28.5 Å². The fourth-order valence-corrected chi connectivity index (χ4v) is 4.74. The van der Waals surface area contributed by atoms with Crippen molar-refractivity contribution in [3.63, 3.8) is 0 Å². The minimum Gasteiger partial charge on any atom is -0.373 e. The SMILES string of the molecule is CC1CN(C(C)CNC(=O)CCCN2C(=O)c3cccc4cccc(c34)C2=O)CC(C)O1. The summed E-state index contributed by atoms with van der Waals surface area (Å²) in [7, 11) is 0. The van der Waals surface area contributed by atoms with E-state index in [4.69, 9.17) is 4.74 Å². The van der Waals surface area contributed by atoms with Crippen molar-refractivity contribution in [3.8, 4) is 0 Å². The maximum Gasteiger partial charge on any atom is 0.261 e. The number of carbonyl (C=O) groups is 3. The Morgan fingerprint density at radius 1 is 1.06 bits per heavy atom. The maximum atomic E-state index is 12.9. The number of benzene rings is 2. The van der Waals surface area contributed by atoms with Crippen LogP contribution in [-0.4, -0.2) is 72.0 Å². The third-order valence-corrected chi connectivity index (χ3v) is 6.31. The van der Waals surface area contributed by atoms with Gasteiger partial charge in [-0.1, -0.05) is 24.3 Å². The number of nitrogens with one attached hydrogen (secondary N) is 1. The van der Waals surface area contributed by atoms with Gasteiger partial charge in [-0.3, -0.25) is 24.2 Å². The van der Waals surface area contributed by atoms with Gasteiger partial charge in [0.05, 0.1) is 12.2 Å². The van der Waals surface area contributed by atoms with Gasteiger partial charge in [-0.25, -0.2) is 0 Å². The topological polar surface area (TPSA) is 79.0 Å². The molecule has 4 rings (SSSR count). The molecule has 32 heavy (non-hydrogen) atoms. The van der Waals surface area contributed by atoms with Gasteiger partial charge in [0.1, 0.15) is 0 Å². The summed E-state index contributed by atoms with van der Waals surface area (Å²) in [6.45, 7) is 8.74. The summed E-state index contributed by atoms with van der Waals surface area (Å²) in [6, 6.07) is 11.2. The van der Waals surface area contributed by atoms with Crippen LogP contribution in [0, 0.1) is 0 Å². The Kier molecular flexibility index (Phi) is 6.58. The number of rotatable bonds is 7. The van der Waals surface area contributed by atoms with E-state index >= 15 is 0 Å². The zero-order valence-corrected chi connectivity index (χ0v) is 19.0. The van der Waals surface area contributed by atoms with Gasteiger partial charge in [-0.2, -0.15) is 0 Å². The molecule has 2 aliphatic rings. The van der Waals surface area contributed by atoms with Gasteiger partial charge in [-0.05, 0) is 44.7 Å². The Morgan fingerprint density at radius 2 is 1.66 bits per heavy atom. The maximum absolute atomic E-state index is 12.9. The van der Waals surface area contributed by atoms with Crippen molar-refractivity contribution < 1.29 is 19.1 Å². The second-order valence-corrected chi connectivity index (χ2v) is 8.94. The Labute approximate surface area is 188 Å². The summed E-state index contributed by atoms with van der Waals surface area (Å²) in [6.07, 6.45) is 1.08. The Balaban J connectivity index is 1.29. The molecule has 0 spiro atoms. The molecule has 2 aliphatic heterocycles. The van der Waals surface area contributed by atoms with Gasteiger partial charge in [0.25, 0.3) is 11.8 Å². The van der Waals surface area contributed by atoms with Crippen molar-refractivity contribution in [3.05, 3.63) is 47.5 Å². The first-order valence-corrected chi connectivity index (χ1v) is 11.4. The summed E-state index contributed by atoms with van der Waals surface area (Å²) < 4.78 is 5.77. The van der Waals surface area contributed by atoms with Crippen LogP contribution in [0.25, 0.3) is 10.8 Å². The van der Waals surface area contributed by atoms with E-state index in [1.54, 1.807) is 12.1 Å². The largest absolute Gasteiger partial charge is 0.373 e. The molecule has 2 aromatic carbocycles. The van der Waals surface area contributed by atoms with Crippen molar-refractivity contribution in [1.29, 1.82) is 0 Å². The van der Waals surface area contributed by atoms with Crippen LogP contribution in [0.1, 0.15) is 54.3 Å². The Bertz CT molecular complexity index is 976. The van der Waals surface area contributed by atoms with Crippen LogP contribution in [0.3, 0.4) is 0 Å². The van der Waals surface area contributed by atoms with Gasteiger partial charge in [-0.15, -0.1) is 0 Å². The van der Waals surface area contributed by atoms with Crippen LogP contribution in [-0.2, 0) is 9.53 Å². The fraction of sp³-hybridized carbons (Fsp3) is 0.480. The van der Waals surface area contributed by atoms with Gasteiger partial charge >= 0.3 is 0 Å². The monoisotopic (exact) mass is 437 g/mol. The standard InChI is InChI=1S/C25H31N3O4/c1-16(27-14-17(2)32-18(3)15-27)13-26-22(29)11-6-12-28-24(30)20-9-4-7-19-8-5-10-21(23(19)20)25(28)31/h4-5,7-10,16-18H,6,11-15H2,1-3H3,(H,26,29). The normalized spacial score (nSPS) is 22.3. The molecule has 7 heteroatoms. The lowest BCUT2D eigenvalue weighted by Crippen LogP contribution is -2.52. The Hall–Kier alpha value is -2.77. The molecule has 0 bridgehead atoms. The number of carbonyl (C=O) groups excluding carboxylic acids is 3. The summed E-state index contributed by atoms with van der Waals surface area (Å²) in [5, 5.41) is 4.60. The lowest BCUT2D eigenvalue weighted by molar-refractivity contribution is -0.121. The first-order valence-electron chi connectivity index (χ1n) is 11.4. The molecule has 170 valence electrons. The molecule has 3 amide bonds.